The average molecular weight is 257 g/mol. The molecular weight excluding hydrogens is 234 g/mol. The maximum absolute atomic E-state index is 12.3. The first-order valence-electron chi connectivity index (χ1n) is 6.72. The lowest BCUT2D eigenvalue weighted by atomic mass is 10.0. The Labute approximate surface area is 109 Å². The fraction of sp³-hybridized carbons (Fsp3) is 0.923. The third-order valence-electron chi connectivity index (χ3n) is 4.25. The second-order valence-electron chi connectivity index (χ2n) is 5.58. The number of hydrogen-bond donors (Lipinski definition) is 2. The molecule has 0 heterocycles. The molecule has 0 aromatic heterocycles. The van der Waals surface area contributed by atoms with Crippen molar-refractivity contribution >= 4 is 18.5 Å². The molecule has 0 atom stereocenters. The van der Waals surface area contributed by atoms with Gasteiger partial charge < -0.3 is 10.0 Å². The number of nitrogens with zero attached hydrogens (tertiary/aromatic N) is 1. The van der Waals surface area contributed by atoms with Crippen LogP contribution in [-0.2, 0) is 4.79 Å². The lowest BCUT2D eigenvalue weighted by molar-refractivity contribution is -0.135. The van der Waals surface area contributed by atoms with Gasteiger partial charge in [0.1, 0.15) is 0 Å². The zero-order valence-electron chi connectivity index (χ0n) is 10.4. The van der Waals surface area contributed by atoms with Gasteiger partial charge in [0.25, 0.3) is 0 Å². The molecule has 0 radical (unpaired) electrons. The van der Waals surface area contributed by atoms with E-state index in [0.29, 0.717) is 19.0 Å². The summed E-state index contributed by atoms with van der Waals surface area (Å²) in [6.07, 6.45) is 7.57. The highest BCUT2D eigenvalue weighted by molar-refractivity contribution is 7.80. The van der Waals surface area contributed by atoms with Crippen molar-refractivity contribution in [2.75, 3.05) is 18.9 Å². The summed E-state index contributed by atoms with van der Waals surface area (Å²) in [6, 6.07) is 0.380. The molecule has 0 spiro atoms. The number of carbonyl (C=O) groups excluding carboxylic acids is 1. The highest BCUT2D eigenvalue weighted by Crippen LogP contribution is 2.50. The highest BCUT2D eigenvalue weighted by Gasteiger charge is 2.44. The lowest BCUT2D eigenvalue weighted by Crippen LogP contribution is -2.41. The molecule has 0 bridgehead atoms. The summed E-state index contributed by atoms with van der Waals surface area (Å²) in [5.74, 6) is 1.05. The van der Waals surface area contributed by atoms with E-state index < -0.39 is 0 Å². The maximum Gasteiger partial charge on any atom is 0.223 e. The lowest BCUT2D eigenvalue weighted by Gasteiger charge is -2.29. The summed E-state index contributed by atoms with van der Waals surface area (Å²) in [6.45, 7) is 0.586. The number of hydrogen-bond acceptors (Lipinski definition) is 3. The fourth-order valence-electron chi connectivity index (χ4n) is 2.82. The van der Waals surface area contributed by atoms with Crippen molar-refractivity contribution in [3.8, 4) is 0 Å². The molecule has 0 aromatic rings. The van der Waals surface area contributed by atoms with Crippen LogP contribution >= 0.6 is 12.6 Å². The van der Waals surface area contributed by atoms with Crippen molar-refractivity contribution in [1.82, 2.24) is 4.90 Å². The molecule has 3 nitrogen and oxygen atoms in total. The molecule has 4 heteroatoms. The van der Waals surface area contributed by atoms with Gasteiger partial charge in [0.15, 0.2) is 0 Å². The first-order valence-corrected chi connectivity index (χ1v) is 7.35. The number of aliphatic hydroxyl groups is 1. The molecule has 2 rings (SSSR count). The van der Waals surface area contributed by atoms with E-state index in [0.717, 1.165) is 31.4 Å². The smallest absolute Gasteiger partial charge is 0.223 e. The molecule has 2 aliphatic carbocycles. The molecule has 2 aliphatic rings. The van der Waals surface area contributed by atoms with Crippen LogP contribution in [0.25, 0.3) is 0 Å². The van der Waals surface area contributed by atoms with Crippen LogP contribution in [-0.4, -0.2) is 40.9 Å². The van der Waals surface area contributed by atoms with E-state index in [-0.39, 0.29) is 17.9 Å². The fourth-order valence-corrected chi connectivity index (χ4v) is 3.25. The standard InChI is InChI=1S/C13H23NO2S/c15-8-7-14(11-3-1-2-4-11)12(16)9-13(10-17)5-6-13/h11,15,17H,1-10H2. The number of carbonyl (C=O) groups is 1. The summed E-state index contributed by atoms with van der Waals surface area (Å²) < 4.78 is 0. The van der Waals surface area contributed by atoms with Crippen molar-refractivity contribution in [2.24, 2.45) is 5.41 Å². The number of thiol groups is 1. The van der Waals surface area contributed by atoms with E-state index in [9.17, 15) is 4.79 Å². The van der Waals surface area contributed by atoms with Gasteiger partial charge in [-0.1, -0.05) is 12.8 Å². The quantitative estimate of drug-likeness (QED) is 0.713. The summed E-state index contributed by atoms with van der Waals surface area (Å²) in [4.78, 5) is 14.2. The zero-order chi connectivity index (χ0) is 12.3. The van der Waals surface area contributed by atoms with Gasteiger partial charge in [0.05, 0.1) is 6.61 Å². The minimum atomic E-state index is 0.0795. The molecule has 0 aromatic carbocycles. The second kappa shape index (κ2) is 5.61. The second-order valence-corrected chi connectivity index (χ2v) is 5.90. The average Bonchev–Trinajstić information content (AvgIpc) is 2.90. The Bertz CT molecular complexity index is 273. The minimum Gasteiger partial charge on any atom is -0.395 e. The monoisotopic (exact) mass is 257 g/mol. The summed E-state index contributed by atoms with van der Waals surface area (Å²) in [5, 5.41) is 9.11. The van der Waals surface area contributed by atoms with Gasteiger partial charge in [0, 0.05) is 19.0 Å². The summed E-state index contributed by atoms with van der Waals surface area (Å²) >= 11 is 4.35. The van der Waals surface area contributed by atoms with Gasteiger partial charge in [-0.05, 0) is 36.9 Å². The molecule has 0 aliphatic heterocycles. The van der Waals surface area contributed by atoms with E-state index in [4.69, 9.17) is 5.11 Å². The van der Waals surface area contributed by atoms with E-state index in [1.165, 1.54) is 12.8 Å². The van der Waals surface area contributed by atoms with Crippen LogP contribution in [0.4, 0.5) is 0 Å². The van der Waals surface area contributed by atoms with Crippen LogP contribution in [0.1, 0.15) is 44.9 Å². The Morgan fingerprint density at radius 3 is 2.47 bits per heavy atom. The summed E-state index contributed by atoms with van der Waals surface area (Å²) in [7, 11) is 0. The normalized spacial score (nSPS) is 22.7. The number of amides is 1. The van der Waals surface area contributed by atoms with Gasteiger partial charge in [-0.15, -0.1) is 0 Å². The third kappa shape index (κ3) is 3.16. The topological polar surface area (TPSA) is 40.5 Å². The van der Waals surface area contributed by atoms with Gasteiger partial charge in [-0.3, -0.25) is 4.79 Å². The van der Waals surface area contributed by atoms with Crippen molar-refractivity contribution in [3.05, 3.63) is 0 Å². The van der Waals surface area contributed by atoms with E-state index in [2.05, 4.69) is 12.6 Å². The molecule has 2 saturated carbocycles. The molecule has 2 fully saturated rings. The van der Waals surface area contributed by atoms with Crippen molar-refractivity contribution in [2.45, 2.75) is 51.0 Å². The first-order chi connectivity index (χ1) is 8.21. The third-order valence-corrected chi connectivity index (χ3v) is 4.92. The number of aliphatic hydroxyl groups excluding tert-OH is 1. The molecule has 1 N–H and O–H groups in total. The van der Waals surface area contributed by atoms with Gasteiger partial charge >= 0.3 is 0 Å². The van der Waals surface area contributed by atoms with Crippen LogP contribution in [0.5, 0.6) is 0 Å². The number of rotatable bonds is 6. The SMILES string of the molecule is O=C(CC1(CS)CC1)N(CCO)C1CCCC1. The molecule has 0 unspecified atom stereocenters. The summed E-state index contributed by atoms with van der Waals surface area (Å²) in [5.41, 5.74) is 0.187. The Hall–Kier alpha value is -0.220. The Kier molecular flexibility index (Phi) is 4.36. The van der Waals surface area contributed by atoms with Gasteiger partial charge in [-0.2, -0.15) is 12.6 Å². The maximum atomic E-state index is 12.3. The Morgan fingerprint density at radius 1 is 1.35 bits per heavy atom. The van der Waals surface area contributed by atoms with Crippen LogP contribution in [0.2, 0.25) is 0 Å². The van der Waals surface area contributed by atoms with Crippen molar-refractivity contribution in [1.29, 1.82) is 0 Å². The van der Waals surface area contributed by atoms with Crippen molar-refractivity contribution < 1.29 is 9.90 Å². The van der Waals surface area contributed by atoms with E-state index in [1.54, 1.807) is 0 Å². The first kappa shape index (κ1) is 13.2. The van der Waals surface area contributed by atoms with Crippen molar-refractivity contribution in [3.63, 3.8) is 0 Å². The molecular formula is C13H23NO2S. The zero-order valence-corrected chi connectivity index (χ0v) is 11.3. The van der Waals surface area contributed by atoms with Gasteiger partial charge in [0.2, 0.25) is 5.91 Å². The Morgan fingerprint density at radius 2 is 2.00 bits per heavy atom. The molecule has 98 valence electrons. The van der Waals surface area contributed by atoms with Crippen LogP contribution < -0.4 is 0 Å². The Balaban J connectivity index is 1.92. The largest absolute Gasteiger partial charge is 0.395 e. The molecule has 0 saturated heterocycles. The minimum absolute atomic E-state index is 0.0795. The highest BCUT2D eigenvalue weighted by atomic mass is 32.1. The van der Waals surface area contributed by atoms with Crippen LogP contribution in [0.15, 0.2) is 0 Å². The van der Waals surface area contributed by atoms with Crippen LogP contribution in [0, 0.1) is 5.41 Å². The van der Waals surface area contributed by atoms with E-state index >= 15 is 0 Å². The van der Waals surface area contributed by atoms with Gasteiger partial charge in [-0.25, -0.2) is 0 Å². The predicted molar refractivity (Wildman–Crippen MR) is 71.2 cm³/mol. The molecule has 1 amide bonds. The van der Waals surface area contributed by atoms with E-state index in [1.807, 2.05) is 4.90 Å². The predicted octanol–water partition coefficient (Wildman–Crippen LogP) is 1.85. The molecule has 17 heavy (non-hydrogen) atoms. The van der Waals surface area contributed by atoms with Crippen LogP contribution in [0.3, 0.4) is 0 Å².